The minimum absolute atomic E-state index is 0.274. The summed E-state index contributed by atoms with van der Waals surface area (Å²) in [7, 11) is 0. The van der Waals surface area contributed by atoms with Gasteiger partial charge in [0.15, 0.2) is 11.5 Å². The monoisotopic (exact) mass is 377 g/mol. The van der Waals surface area contributed by atoms with E-state index in [4.69, 9.17) is 26.1 Å². The molecule has 0 saturated heterocycles. The van der Waals surface area contributed by atoms with Crippen LogP contribution in [0.3, 0.4) is 0 Å². The number of rotatable bonds is 4. The number of nitrogens with one attached hydrogen (secondary N) is 1. The highest BCUT2D eigenvalue weighted by atomic mass is 35.5. The van der Waals surface area contributed by atoms with E-state index in [1.54, 1.807) is 0 Å². The van der Waals surface area contributed by atoms with E-state index >= 15 is 0 Å². The molecule has 1 N–H and O–H groups in total. The van der Waals surface area contributed by atoms with Gasteiger partial charge in [-0.3, -0.25) is 4.40 Å². The van der Waals surface area contributed by atoms with Gasteiger partial charge in [-0.05, 0) is 29.8 Å². The van der Waals surface area contributed by atoms with Crippen molar-refractivity contribution in [1.82, 2.24) is 9.38 Å². The van der Waals surface area contributed by atoms with E-state index in [1.807, 2.05) is 59.1 Å². The first-order valence-corrected chi connectivity index (χ1v) is 9.01. The summed E-state index contributed by atoms with van der Waals surface area (Å²) in [4.78, 5) is 4.79. The highest BCUT2D eigenvalue weighted by Gasteiger charge is 2.16. The lowest BCUT2D eigenvalue weighted by Gasteiger charge is -2.10. The zero-order valence-electron chi connectivity index (χ0n) is 14.4. The topological polar surface area (TPSA) is 47.8 Å². The van der Waals surface area contributed by atoms with Crippen LogP contribution in [0.5, 0.6) is 11.5 Å². The summed E-state index contributed by atoms with van der Waals surface area (Å²) in [6, 6.07) is 19.8. The van der Waals surface area contributed by atoms with Gasteiger partial charge in [0.1, 0.15) is 17.2 Å². The zero-order chi connectivity index (χ0) is 18.2. The number of ether oxygens (including phenoxy) is 2. The van der Waals surface area contributed by atoms with Crippen LogP contribution >= 0.6 is 11.6 Å². The third-order valence-electron chi connectivity index (χ3n) is 4.53. The normalized spacial score (nSPS) is 12.5. The van der Waals surface area contributed by atoms with E-state index in [0.717, 1.165) is 39.8 Å². The number of fused-ring (bicyclic) bond motifs is 2. The van der Waals surface area contributed by atoms with Crippen LogP contribution in [0, 0.1) is 0 Å². The number of hydrogen-bond acceptors (Lipinski definition) is 4. The lowest BCUT2D eigenvalue weighted by Crippen LogP contribution is -2.03. The number of hydrogen-bond donors (Lipinski definition) is 1. The Balaban J connectivity index is 1.54. The largest absolute Gasteiger partial charge is 0.454 e. The van der Waals surface area contributed by atoms with Crippen molar-refractivity contribution >= 4 is 23.1 Å². The zero-order valence-corrected chi connectivity index (χ0v) is 15.1. The first kappa shape index (κ1) is 16.0. The van der Waals surface area contributed by atoms with Gasteiger partial charge in [-0.25, -0.2) is 4.98 Å². The Morgan fingerprint density at radius 2 is 1.85 bits per heavy atom. The molecule has 0 saturated carbocycles. The van der Waals surface area contributed by atoms with Crippen LogP contribution in [0.15, 0.2) is 66.9 Å². The molecule has 0 amide bonds. The number of anilines is 1. The summed E-state index contributed by atoms with van der Waals surface area (Å²) >= 11 is 6.22. The Labute approximate surface area is 161 Å². The molecule has 3 heterocycles. The quantitative estimate of drug-likeness (QED) is 0.544. The van der Waals surface area contributed by atoms with Crippen molar-refractivity contribution in [1.29, 1.82) is 0 Å². The number of halogens is 1. The molecule has 1 aliphatic rings. The fourth-order valence-corrected chi connectivity index (χ4v) is 3.38. The predicted molar refractivity (Wildman–Crippen MR) is 106 cm³/mol. The average molecular weight is 378 g/mol. The van der Waals surface area contributed by atoms with Crippen LogP contribution in [-0.4, -0.2) is 16.2 Å². The molecule has 2 aromatic carbocycles. The Morgan fingerprint density at radius 1 is 1.00 bits per heavy atom. The predicted octanol–water partition coefficient (Wildman–Crippen LogP) is 5.00. The van der Waals surface area contributed by atoms with Crippen LogP contribution in [0.4, 0.5) is 5.82 Å². The van der Waals surface area contributed by atoms with Crippen molar-refractivity contribution in [2.75, 3.05) is 12.1 Å². The first-order chi connectivity index (χ1) is 13.3. The van der Waals surface area contributed by atoms with Crippen LogP contribution in [-0.2, 0) is 6.54 Å². The maximum Gasteiger partial charge on any atom is 0.231 e. The molecule has 2 aromatic heterocycles. The van der Waals surface area contributed by atoms with E-state index in [-0.39, 0.29) is 6.79 Å². The van der Waals surface area contributed by atoms with Gasteiger partial charge in [-0.2, -0.15) is 0 Å². The molecule has 0 unspecified atom stereocenters. The molecule has 27 heavy (non-hydrogen) atoms. The van der Waals surface area contributed by atoms with Crippen molar-refractivity contribution < 1.29 is 9.47 Å². The third-order valence-corrected chi connectivity index (χ3v) is 4.75. The fraction of sp³-hybridized carbons (Fsp3) is 0.0952. The molecule has 1 aliphatic heterocycles. The van der Waals surface area contributed by atoms with E-state index in [9.17, 15) is 0 Å². The minimum atomic E-state index is 0.274. The van der Waals surface area contributed by atoms with Gasteiger partial charge < -0.3 is 14.8 Å². The third kappa shape index (κ3) is 2.96. The van der Waals surface area contributed by atoms with Crippen molar-refractivity contribution in [3.05, 3.63) is 77.4 Å². The van der Waals surface area contributed by atoms with Gasteiger partial charge >= 0.3 is 0 Å². The molecule has 6 heteroatoms. The second-order valence-electron chi connectivity index (χ2n) is 6.29. The number of imidazole rings is 1. The molecular formula is C21H16ClN3O2. The Hall–Kier alpha value is -3.18. The van der Waals surface area contributed by atoms with E-state index < -0.39 is 0 Å². The van der Waals surface area contributed by atoms with Gasteiger partial charge in [-0.15, -0.1) is 0 Å². The smallest absolute Gasteiger partial charge is 0.231 e. The molecule has 4 aromatic rings. The maximum atomic E-state index is 6.22. The SMILES string of the molecule is Clc1ccc2nc(-c3ccccc3)c(NCc3ccc4c(c3)OCO4)n2c1. The van der Waals surface area contributed by atoms with Crippen molar-refractivity contribution in [3.63, 3.8) is 0 Å². The molecule has 5 rings (SSSR count). The van der Waals surface area contributed by atoms with E-state index in [1.165, 1.54) is 0 Å². The first-order valence-electron chi connectivity index (χ1n) is 8.63. The summed E-state index contributed by atoms with van der Waals surface area (Å²) in [6.45, 7) is 0.896. The molecule has 0 radical (unpaired) electrons. The lowest BCUT2D eigenvalue weighted by molar-refractivity contribution is 0.174. The Morgan fingerprint density at radius 3 is 2.74 bits per heavy atom. The Kier molecular flexibility index (Phi) is 3.87. The average Bonchev–Trinajstić information content (AvgIpc) is 3.30. The van der Waals surface area contributed by atoms with Gasteiger partial charge in [0.2, 0.25) is 6.79 Å². The summed E-state index contributed by atoms with van der Waals surface area (Å²) < 4.78 is 12.8. The number of benzene rings is 2. The van der Waals surface area contributed by atoms with Gasteiger partial charge in [0, 0.05) is 18.3 Å². The van der Waals surface area contributed by atoms with Crippen molar-refractivity contribution in [2.45, 2.75) is 6.54 Å². The minimum Gasteiger partial charge on any atom is -0.454 e. The molecule has 0 atom stereocenters. The second kappa shape index (κ2) is 6.52. The molecule has 5 nitrogen and oxygen atoms in total. The van der Waals surface area contributed by atoms with Crippen molar-refractivity contribution in [3.8, 4) is 22.8 Å². The molecule has 134 valence electrons. The standard InChI is InChI=1S/C21H16ClN3O2/c22-16-7-9-19-24-20(15-4-2-1-3-5-15)21(25(19)12-16)23-11-14-6-8-17-18(10-14)27-13-26-17/h1-10,12,23H,11,13H2. The number of aromatic nitrogens is 2. The lowest BCUT2D eigenvalue weighted by atomic mass is 10.1. The summed E-state index contributed by atoms with van der Waals surface area (Å²) in [5.41, 5.74) is 3.87. The molecule has 0 fully saturated rings. The molecule has 0 spiro atoms. The highest BCUT2D eigenvalue weighted by Crippen LogP contribution is 2.34. The van der Waals surface area contributed by atoms with Gasteiger partial charge in [0.25, 0.3) is 0 Å². The maximum absolute atomic E-state index is 6.22. The van der Waals surface area contributed by atoms with E-state index in [2.05, 4.69) is 17.4 Å². The van der Waals surface area contributed by atoms with Crippen LogP contribution < -0.4 is 14.8 Å². The molecular weight excluding hydrogens is 362 g/mol. The Bertz CT molecular complexity index is 1130. The number of pyridine rings is 1. The van der Waals surface area contributed by atoms with Crippen LogP contribution in [0.25, 0.3) is 16.9 Å². The second-order valence-corrected chi connectivity index (χ2v) is 6.73. The molecule has 0 bridgehead atoms. The number of nitrogens with zero attached hydrogens (tertiary/aromatic N) is 2. The van der Waals surface area contributed by atoms with Gasteiger partial charge in [0.05, 0.1) is 5.02 Å². The van der Waals surface area contributed by atoms with Crippen LogP contribution in [0.1, 0.15) is 5.56 Å². The summed E-state index contributed by atoms with van der Waals surface area (Å²) in [5, 5.41) is 4.17. The fourth-order valence-electron chi connectivity index (χ4n) is 3.22. The van der Waals surface area contributed by atoms with E-state index in [0.29, 0.717) is 11.6 Å². The highest BCUT2D eigenvalue weighted by molar-refractivity contribution is 6.30. The molecule has 0 aliphatic carbocycles. The summed E-state index contributed by atoms with van der Waals surface area (Å²) in [6.07, 6.45) is 1.87. The van der Waals surface area contributed by atoms with Gasteiger partial charge in [-0.1, -0.05) is 48.0 Å². The van der Waals surface area contributed by atoms with Crippen molar-refractivity contribution in [2.24, 2.45) is 0 Å². The summed E-state index contributed by atoms with van der Waals surface area (Å²) in [5.74, 6) is 2.46. The van der Waals surface area contributed by atoms with Crippen LogP contribution in [0.2, 0.25) is 5.02 Å².